The van der Waals surface area contributed by atoms with E-state index in [1.165, 1.54) is 12.1 Å². The minimum Gasteiger partial charge on any atom is -0.372 e. The molecule has 0 fully saturated rings. The first-order chi connectivity index (χ1) is 13.9. The minimum absolute atomic E-state index is 0.139. The van der Waals surface area contributed by atoms with Crippen molar-refractivity contribution in [2.45, 2.75) is 51.6 Å². The van der Waals surface area contributed by atoms with E-state index >= 15 is 0 Å². The van der Waals surface area contributed by atoms with Crippen molar-refractivity contribution in [1.82, 2.24) is 24.3 Å². The van der Waals surface area contributed by atoms with Crippen molar-refractivity contribution in [3.63, 3.8) is 0 Å². The van der Waals surface area contributed by atoms with Crippen LogP contribution in [0.5, 0.6) is 0 Å². The zero-order valence-electron chi connectivity index (χ0n) is 17.3. The first-order valence-electron chi connectivity index (χ1n) is 9.12. The molecule has 2 N–H and O–H groups in total. The maximum atomic E-state index is 12.5. The molecule has 2 aromatic heterocycles. The van der Waals surface area contributed by atoms with Gasteiger partial charge in [0.1, 0.15) is 5.69 Å². The standard InChI is InChI=1S/C18H23N7O4S/c1-11-8-12(2)24-16(21-22-17(24)20-11)10-19-14-7-6-13(9-15(14)25(26)27)30(28,29)23-18(3,4)5/h6-9,19,23H,10H2,1-5H3. The third kappa shape index (κ3) is 4.54. The lowest BCUT2D eigenvalue weighted by atomic mass is 10.1. The Labute approximate surface area is 173 Å². The lowest BCUT2D eigenvalue weighted by Gasteiger charge is -2.20. The molecule has 0 unspecified atom stereocenters. The number of benzene rings is 1. The molecule has 0 saturated heterocycles. The lowest BCUT2D eigenvalue weighted by Crippen LogP contribution is -2.40. The van der Waals surface area contributed by atoms with Crippen LogP contribution in [-0.4, -0.2) is 38.5 Å². The largest absolute Gasteiger partial charge is 0.372 e. The predicted molar refractivity (Wildman–Crippen MR) is 111 cm³/mol. The van der Waals surface area contributed by atoms with Crippen LogP contribution in [0.1, 0.15) is 38.0 Å². The van der Waals surface area contributed by atoms with E-state index in [4.69, 9.17) is 0 Å². The van der Waals surface area contributed by atoms with Gasteiger partial charge in [-0.15, -0.1) is 10.2 Å². The number of rotatable bonds is 6. The number of nitro benzene ring substituents is 1. The molecule has 0 amide bonds. The van der Waals surface area contributed by atoms with Crippen molar-refractivity contribution in [3.05, 3.63) is 51.6 Å². The third-order valence-electron chi connectivity index (χ3n) is 4.11. The molecule has 3 rings (SSSR count). The molecule has 0 bridgehead atoms. The Morgan fingerprint density at radius 2 is 1.87 bits per heavy atom. The zero-order chi connectivity index (χ0) is 22.3. The van der Waals surface area contributed by atoms with E-state index in [1.54, 1.807) is 25.2 Å². The smallest absolute Gasteiger partial charge is 0.293 e. The number of nitrogens with one attached hydrogen (secondary N) is 2. The predicted octanol–water partition coefficient (Wildman–Crippen LogP) is 2.34. The highest BCUT2D eigenvalue weighted by atomic mass is 32.2. The highest BCUT2D eigenvalue weighted by Crippen LogP contribution is 2.28. The number of anilines is 1. The van der Waals surface area contributed by atoms with Crippen LogP contribution in [-0.2, 0) is 16.6 Å². The van der Waals surface area contributed by atoms with Gasteiger partial charge in [0.2, 0.25) is 10.0 Å². The van der Waals surface area contributed by atoms with Crippen molar-refractivity contribution in [1.29, 1.82) is 0 Å². The summed E-state index contributed by atoms with van der Waals surface area (Å²) >= 11 is 0. The summed E-state index contributed by atoms with van der Waals surface area (Å²) in [6.45, 7) is 8.95. The molecule has 0 atom stereocenters. The van der Waals surface area contributed by atoms with Gasteiger partial charge < -0.3 is 5.32 Å². The average molecular weight is 433 g/mol. The molecule has 0 aliphatic heterocycles. The van der Waals surface area contributed by atoms with Gasteiger partial charge in [-0.2, -0.15) is 0 Å². The molecule has 0 radical (unpaired) electrons. The van der Waals surface area contributed by atoms with Crippen LogP contribution in [0.15, 0.2) is 29.2 Å². The molecule has 30 heavy (non-hydrogen) atoms. The van der Waals surface area contributed by atoms with E-state index in [2.05, 4.69) is 25.2 Å². The fraction of sp³-hybridized carbons (Fsp3) is 0.389. The summed E-state index contributed by atoms with van der Waals surface area (Å²) in [6, 6.07) is 5.61. The second kappa shape index (κ2) is 7.61. The van der Waals surface area contributed by atoms with E-state index in [0.29, 0.717) is 11.6 Å². The first-order valence-corrected chi connectivity index (χ1v) is 10.6. The Hall–Kier alpha value is -3.12. The zero-order valence-corrected chi connectivity index (χ0v) is 18.1. The molecule has 0 saturated carbocycles. The Kier molecular flexibility index (Phi) is 5.48. The second-order valence-electron chi connectivity index (χ2n) is 7.94. The van der Waals surface area contributed by atoms with Crippen LogP contribution in [0.4, 0.5) is 11.4 Å². The fourth-order valence-electron chi connectivity index (χ4n) is 3.03. The first kappa shape index (κ1) is 21.6. The van der Waals surface area contributed by atoms with Crippen LogP contribution in [0.25, 0.3) is 5.78 Å². The SMILES string of the molecule is Cc1cc(C)n2c(CNc3ccc(S(=O)(=O)NC(C)(C)C)cc3[N+](=O)[O-])nnc2n1. The summed E-state index contributed by atoms with van der Waals surface area (Å²) in [5.41, 5.74) is 0.783. The van der Waals surface area contributed by atoms with Gasteiger partial charge in [0.05, 0.1) is 16.4 Å². The van der Waals surface area contributed by atoms with Crippen LogP contribution >= 0.6 is 0 Å². The molecule has 2 heterocycles. The number of sulfonamides is 1. The lowest BCUT2D eigenvalue weighted by molar-refractivity contribution is -0.384. The van der Waals surface area contributed by atoms with Gasteiger partial charge in [-0.3, -0.25) is 14.5 Å². The minimum atomic E-state index is -3.90. The van der Waals surface area contributed by atoms with Crippen LogP contribution in [0.2, 0.25) is 0 Å². The van der Waals surface area contributed by atoms with Crippen molar-refractivity contribution in [3.8, 4) is 0 Å². The summed E-state index contributed by atoms with van der Waals surface area (Å²) in [5, 5.41) is 22.6. The maximum absolute atomic E-state index is 12.5. The second-order valence-corrected chi connectivity index (χ2v) is 9.62. The van der Waals surface area contributed by atoms with Gasteiger partial charge in [0, 0.05) is 23.0 Å². The summed E-state index contributed by atoms with van der Waals surface area (Å²) < 4.78 is 29.2. The third-order valence-corrected chi connectivity index (χ3v) is 5.87. The molecule has 12 heteroatoms. The maximum Gasteiger partial charge on any atom is 0.293 e. The van der Waals surface area contributed by atoms with Crippen LogP contribution < -0.4 is 10.0 Å². The van der Waals surface area contributed by atoms with Gasteiger partial charge in [-0.05, 0) is 52.8 Å². The molecule has 0 spiro atoms. The molecular weight excluding hydrogens is 410 g/mol. The number of aromatic nitrogens is 4. The summed E-state index contributed by atoms with van der Waals surface area (Å²) in [5.74, 6) is 0.962. The van der Waals surface area contributed by atoms with E-state index in [9.17, 15) is 18.5 Å². The Balaban J connectivity index is 1.91. The topological polar surface area (TPSA) is 144 Å². The molecule has 1 aromatic carbocycles. The number of hydrogen-bond acceptors (Lipinski definition) is 8. The normalized spacial score (nSPS) is 12.3. The molecule has 160 valence electrons. The number of aryl methyl sites for hydroxylation is 2. The summed E-state index contributed by atoms with van der Waals surface area (Å²) in [6.07, 6.45) is 0. The number of nitrogens with zero attached hydrogens (tertiary/aromatic N) is 5. The van der Waals surface area contributed by atoms with Crippen molar-refractivity contribution < 1.29 is 13.3 Å². The van der Waals surface area contributed by atoms with Gasteiger partial charge in [0.25, 0.3) is 11.5 Å². The van der Waals surface area contributed by atoms with Crippen molar-refractivity contribution in [2.75, 3.05) is 5.32 Å². The average Bonchev–Trinajstić information content (AvgIpc) is 3.00. The van der Waals surface area contributed by atoms with E-state index in [1.807, 2.05) is 19.9 Å². The highest BCUT2D eigenvalue weighted by Gasteiger charge is 2.25. The van der Waals surface area contributed by atoms with Crippen molar-refractivity contribution >= 4 is 27.2 Å². The van der Waals surface area contributed by atoms with E-state index in [0.717, 1.165) is 17.5 Å². The van der Waals surface area contributed by atoms with Gasteiger partial charge in [-0.1, -0.05) is 0 Å². The molecule has 0 aliphatic rings. The monoisotopic (exact) mass is 433 g/mol. The van der Waals surface area contributed by atoms with Crippen LogP contribution in [0, 0.1) is 24.0 Å². The molecular formula is C18H23N7O4S. The van der Waals surface area contributed by atoms with Gasteiger partial charge in [0.15, 0.2) is 5.82 Å². The molecule has 3 aromatic rings. The van der Waals surface area contributed by atoms with E-state index in [-0.39, 0.29) is 22.8 Å². The Morgan fingerprint density at radius 3 is 2.50 bits per heavy atom. The fourth-order valence-corrected chi connectivity index (χ4v) is 4.47. The Bertz CT molecular complexity index is 1230. The number of hydrogen-bond donors (Lipinski definition) is 2. The van der Waals surface area contributed by atoms with Gasteiger partial charge in [-0.25, -0.2) is 18.1 Å². The molecule has 0 aliphatic carbocycles. The van der Waals surface area contributed by atoms with Crippen molar-refractivity contribution in [2.24, 2.45) is 0 Å². The summed E-state index contributed by atoms with van der Waals surface area (Å²) in [7, 11) is -3.90. The molecule has 11 nitrogen and oxygen atoms in total. The number of fused-ring (bicyclic) bond motifs is 1. The number of nitro groups is 1. The van der Waals surface area contributed by atoms with Crippen LogP contribution in [0.3, 0.4) is 0 Å². The Morgan fingerprint density at radius 1 is 1.17 bits per heavy atom. The van der Waals surface area contributed by atoms with E-state index < -0.39 is 20.5 Å². The summed E-state index contributed by atoms with van der Waals surface area (Å²) in [4.78, 5) is 15.1. The quantitative estimate of drug-likeness (QED) is 0.445. The van der Waals surface area contributed by atoms with Gasteiger partial charge >= 0.3 is 0 Å². The highest BCUT2D eigenvalue weighted by molar-refractivity contribution is 7.89.